The summed E-state index contributed by atoms with van der Waals surface area (Å²) in [5, 5.41) is 20.4. The van der Waals surface area contributed by atoms with Crippen LogP contribution in [0.25, 0.3) is 43.2 Å². The van der Waals surface area contributed by atoms with Gasteiger partial charge in [0.15, 0.2) is 0 Å². The number of ether oxygens (including phenoxy) is 1. The minimum atomic E-state index is -0.918. The molecule has 40 heavy (non-hydrogen) atoms. The van der Waals surface area contributed by atoms with Gasteiger partial charge in [0.05, 0.1) is 34.0 Å². The van der Waals surface area contributed by atoms with E-state index in [0.29, 0.717) is 21.9 Å². The third kappa shape index (κ3) is 5.69. The fraction of sp³-hybridized carbons (Fsp3) is 0.188. The van der Waals surface area contributed by atoms with Gasteiger partial charge in [0.25, 0.3) is 0 Å². The summed E-state index contributed by atoms with van der Waals surface area (Å²) in [4.78, 5) is 21.4. The number of aliphatic carboxylic acids is 1. The highest BCUT2D eigenvalue weighted by atomic mass is 35.5. The van der Waals surface area contributed by atoms with Crippen LogP contribution in [0.2, 0.25) is 5.02 Å². The van der Waals surface area contributed by atoms with E-state index in [2.05, 4.69) is 11.1 Å². The number of carbonyl (C=O) groups is 1. The smallest absolute Gasteiger partial charge is 0.307 e. The van der Waals surface area contributed by atoms with Crippen LogP contribution in [-0.2, 0) is 11.2 Å². The molecular formula is C32H26ClN3O3S. The molecule has 0 aliphatic carbocycles. The first-order valence-corrected chi connectivity index (χ1v) is 13.8. The van der Waals surface area contributed by atoms with Crippen molar-refractivity contribution in [2.45, 2.75) is 39.7 Å². The molecule has 0 saturated heterocycles. The van der Waals surface area contributed by atoms with Crippen molar-refractivity contribution in [2.75, 3.05) is 0 Å². The summed E-state index contributed by atoms with van der Waals surface area (Å²) in [6, 6.07) is 20.7. The van der Waals surface area contributed by atoms with Crippen LogP contribution in [0, 0.1) is 18.3 Å². The number of benzene rings is 3. The number of rotatable bonds is 6. The van der Waals surface area contributed by atoms with Crippen LogP contribution in [0.15, 0.2) is 66.9 Å². The summed E-state index contributed by atoms with van der Waals surface area (Å²) in [6.45, 7) is 7.78. The number of nitriles is 1. The average molecular weight is 568 g/mol. The number of aromatic nitrogens is 2. The minimum Gasteiger partial charge on any atom is -0.487 e. The van der Waals surface area contributed by atoms with Gasteiger partial charge in [0, 0.05) is 33.5 Å². The Hall–Kier alpha value is -4.25. The minimum absolute atomic E-state index is 0.142. The molecule has 3 aromatic carbocycles. The van der Waals surface area contributed by atoms with Crippen LogP contribution < -0.4 is 4.74 Å². The van der Waals surface area contributed by atoms with Gasteiger partial charge in [-0.3, -0.25) is 9.78 Å². The Morgan fingerprint density at radius 1 is 1.10 bits per heavy atom. The molecule has 0 aliphatic heterocycles. The van der Waals surface area contributed by atoms with Gasteiger partial charge in [0.2, 0.25) is 0 Å². The van der Waals surface area contributed by atoms with E-state index >= 15 is 0 Å². The molecule has 0 spiro atoms. The molecule has 6 nitrogen and oxygen atoms in total. The standard InChI is InChI=1S/C32H26ClN3O3S/c1-18-12-26-30(29(24(18)16-28(37)38)23-9-8-22(33)15-27(23)39-32(2,3)4)40-31(36-26)21-10-11-35-25(14-21)20-7-5-6-19(13-20)17-34/h5-15H,16H2,1-4H3,(H,37,38). The first-order chi connectivity index (χ1) is 19.0. The Balaban J connectivity index is 1.73. The molecule has 200 valence electrons. The van der Waals surface area contributed by atoms with Crippen molar-refractivity contribution in [1.82, 2.24) is 9.97 Å². The first-order valence-electron chi connectivity index (χ1n) is 12.6. The molecule has 2 heterocycles. The zero-order valence-corrected chi connectivity index (χ0v) is 24.0. The van der Waals surface area contributed by atoms with Crippen molar-refractivity contribution in [1.29, 1.82) is 5.26 Å². The molecule has 5 rings (SSSR count). The first kappa shape index (κ1) is 27.3. The number of nitrogens with zero attached hydrogens (tertiary/aromatic N) is 3. The third-order valence-corrected chi connectivity index (χ3v) is 7.64. The lowest BCUT2D eigenvalue weighted by atomic mass is 9.92. The molecule has 0 bridgehead atoms. The maximum absolute atomic E-state index is 12.0. The summed E-state index contributed by atoms with van der Waals surface area (Å²) >= 11 is 7.86. The molecular weight excluding hydrogens is 542 g/mol. The molecule has 8 heteroatoms. The lowest BCUT2D eigenvalue weighted by Gasteiger charge is -2.24. The molecule has 1 N–H and O–H groups in total. The van der Waals surface area contributed by atoms with Crippen molar-refractivity contribution in [3.05, 3.63) is 88.6 Å². The van der Waals surface area contributed by atoms with Gasteiger partial charge in [-0.25, -0.2) is 4.98 Å². The van der Waals surface area contributed by atoms with Crippen molar-refractivity contribution in [2.24, 2.45) is 0 Å². The summed E-state index contributed by atoms with van der Waals surface area (Å²) < 4.78 is 7.18. The van der Waals surface area contributed by atoms with Crippen molar-refractivity contribution in [3.63, 3.8) is 0 Å². The number of aryl methyl sites for hydroxylation is 1. The molecule has 0 saturated carbocycles. The lowest BCUT2D eigenvalue weighted by molar-refractivity contribution is -0.136. The zero-order chi connectivity index (χ0) is 28.6. The Bertz CT molecular complexity index is 1820. The van der Waals surface area contributed by atoms with E-state index < -0.39 is 11.6 Å². The van der Waals surface area contributed by atoms with Gasteiger partial charge in [-0.15, -0.1) is 11.3 Å². The fourth-order valence-electron chi connectivity index (χ4n) is 4.61. The predicted molar refractivity (Wildman–Crippen MR) is 160 cm³/mol. The number of hydrogen-bond acceptors (Lipinski definition) is 6. The van der Waals surface area contributed by atoms with Gasteiger partial charge in [-0.05, 0) is 87.4 Å². The monoisotopic (exact) mass is 567 g/mol. The molecule has 0 unspecified atom stereocenters. The molecule has 0 radical (unpaired) electrons. The molecule has 0 atom stereocenters. The van der Waals surface area contributed by atoms with Gasteiger partial charge in [-0.1, -0.05) is 23.7 Å². The molecule has 5 aromatic rings. The van der Waals surface area contributed by atoms with E-state index in [4.69, 9.17) is 21.3 Å². The normalized spacial score (nSPS) is 11.4. The van der Waals surface area contributed by atoms with E-state index in [9.17, 15) is 15.2 Å². The second-order valence-electron chi connectivity index (χ2n) is 10.5. The Kier molecular flexibility index (Phi) is 7.33. The third-order valence-electron chi connectivity index (χ3n) is 6.26. The molecule has 0 aliphatic rings. The maximum atomic E-state index is 12.0. The summed E-state index contributed by atoms with van der Waals surface area (Å²) in [5.74, 6) is -0.337. The van der Waals surface area contributed by atoms with Gasteiger partial charge in [-0.2, -0.15) is 5.26 Å². The van der Waals surface area contributed by atoms with E-state index in [-0.39, 0.29) is 6.42 Å². The number of carboxylic acids is 1. The van der Waals surface area contributed by atoms with Gasteiger partial charge in [0.1, 0.15) is 16.4 Å². The van der Waals surface area contributed by atoms with Crippen molar-refractivity contribution < 1.29 is 14.6 Å². The van der Waals surface area contributed by atoms with Crippen LogP contribution in [0.4, 0.5) is 0 Å². The van der Waals surface area contributed by atoms with Crippen LogP contribution >= 0.6 is 22.9 Å². The van der Waals surface area contributed by atoms with Gasteiger partial charge < -0.3 is 9.84 Å². The fourth-order valence-corrected chi connectivity index (χ4v) is 5.90. The second-order valence-corrected chi connectivity index (χ2v) is 11.9. The summed E-state index contributed by atoms with van der Waals surface area (Å²) in [7, 11) is 0. The summed E-state index contributed by atoms with van der Waals surface area (Å²) in [6.07, 6.45) is 1.59. The average Bonchev–Trinajstić information content (AvgIpc) is 3.32. The Labute approximate surface area is 241 Å². The topological polar surface area (TPSA) is 96.1 Å². The van der Waals surface area contributed by atoms with Crippen LogP contribution in [0.1, 0.15) is 37.5 Å². The van der Waals surface area contributed by atoms with E-state index in [0.717, 1.165) is 48.7 Å². The Morgan fingerprint density at radius 2 is 1.90 bits per heavy atom. The lowest BCUT2D eigenvalue weighted by Crippen LogP contribution is -2.23. The summed E-state index contributed by atoms with van der Waals surface area (Å²) in [5.41, 5.74) is 6.38. The van der Waals surface area contributed by atoms with E-state index in [1.807, 2.05) is 64.1 Å². The molecule has 2 aromatic heterocycles. The highest BCUT2D eigenvalue weighted by molar-refractivity contribution is 7.22. The van der Waals surface area contributed by atoms with Crippen molar-refractivity contribution >= 4 is 39.1 Å². The quantitative estimate of drug-likeness (QED) is 0.221. The van der Waals surface area contributed by atoms with E-state index in [1.165, 1.54) is 11.3 Å². The number of halogens is 1. The largest absolute Gasteiger partial charge is 0.487 e. The van der Waals surface area contributed by atoms with Crippen molar-refractivity contribution in [3.8, 4) is 44.8 Å². The predicted octanol–water partition coefficient (Wildman–Crippen LogP) is 8.33. The second kappa shape index (κ2) is 10.7. The maximum Gasteiger partial charge on any atom is 0.307 e. The number of pyridine rings is 1. The van der Waals surface area contributed by atoms with E-state index in [1.54, 1.807) is 30.5 Å². The van der Waals surface area contributed by atoms with Gasteiger partial charge >= 0.3 is 5.97 Å². The number of thiazole rings is 1. The highest BCUT2D eigenvalue weighted by Gasteiger charge is 2.24. The van der Waals surface area contributed by atoms with Crippen LogP contribution in [0.5, 0.6) is 5.75 Å². The SMILES string of the molecule is Cc1cc2nc(-c3ccnc(-c4cccc(C#N)c4)c3)sc2c(-c2ccc(Cl)cc2OC(C)(C)C)c1CC(=O)O. The highest BCUT2D eigenvalue weighted by Crippen LogP contribution is 2.45. The number of carboxylic acid groups (broad SMARTS) is 1. The number of fused-ring (bicyclic) bond motifs is 1. The van der Waals surface area contributed by atoms with Crippen LogP contribution in [0.3, 0.4) is 0 Å². The molecule has 0 amide bonds. The van der Waals surface area contributed by atoms with Crippen LogP contribution in [-0.4, -0.2) is 26.6 Å². The zero-order valence-electron chi connectivity index (χ0n) is 22.4. The molecule has 0 fully saturated rings. The number of hydrogen-bond donors (Lipinski definition) is 1. The Morgan fingerprint density at radius 3 is 2.62 bits per heavy atom.